The number of aryl methyl sites for hydroxylation is 1. The Balaban J connectivity index is 0.00000157. The van der Waals surface area contributed by atoms with Crippen LogP contribution in [0, 0.1) is 18.8 Å². The zero-order valence-corrected chi connectivity index (χ0v) is 15.3. The summed E-state index contributed by atoms with van der Waals surface area (Å²) in [7, 11) is 0. The van der Waals surface area contributed by atoms with E-state index < -0.39 is 0 Å². The maximum absolute atomic E-state index is 12.7. The molecule has 2 aliphatic heterocycles. The molecule has 3 atom stereocenters. The Kier molecular flexibility index (Phi) is 3.76. The first-order valence-electron chi connectivity index (χ1n) is 8.21. The van der Waals surface area contributed by atoms with Gasteiger partial charge in [-0.25, -0.2) is 4.98 Å². The summed E-state index contributed by atoms with van der Waals surface area (Å²) in [5.41, 5.74) is 1.90. The summed E-state index contributed by atoms with van der Waals surface area (Å²) in [6.07, 6.45) is 0. The van der Waals surface area contributed by atoms with Gasteiger partial charge in [0.25, 0.3) is 11.8 Å². The second kappa shape index (κ2) is 5.62. The van der Waals surface area contributed by atoms with E-state index in [0.717, 1.165) is 23.8 Å². The van der Waals surface area contributed by atoms with E-state index in [2.05, 4.69) is 10.7 Å². The van der Waals surface area contributed by atoms with Crippen LogP contribution in [0.3, 0.4) is 0 Å². The van der Waals surface area contributed by atoms with E-state index in [1.54, 1.807) is 23.5 Å². The molecule has 2 amide bonds. The molecule has 1 N–H and O–H groups in total. The van der Waals surface area contributed by atoms with Crippen molar-refractivity contribution in [3.63, 3.8) is 0 Å². The van der Waals surface area contributed by atoms with E-state index in [-0.39, 0.29) is 29.6 Å². The lowest BCUT2D eigenvalue weighted by Crippen LogP contribution is -2.41. The van der Waals surface area contributed by atoms with Crippen LogP contribution in [0.25, 0.3) is 0 Å². The normalized spacial score (nSPS) is 29.4. The van der Waals surface area contributed by atoms with Crippen LogP contribution in [-0.2, 0) is 5.41 Å². The maximum atomic E-state index is 12.7. The summed E-state index contributed by atoms with van der Waals surface area (Å²) in [6.45, 7) is 4.31. The standard InChI is InChI=1S/C18H17N3O2S.ClH/c1-10-8-24-17(20-10)18(13-6-19-7-14(13)18)9-21-15(22)11-4-2-3-5-12(11)16(21)23;/h2-5,8,13-14,19H,6-7,9H2,1H3;1H/t13-,14+,18-;. The first kappa shape index (κ1) is 16.7. The second-order valence-electron chi connectivity index (χ2n) is 6.95. The SMILES string of the molecule is Cc1csc([C@]2(CN3C(=O)c4ccccc4C3=O)[C@@H]3CNC[C@@H]32)n1.Cl. The Morgan fingerprint density at radius 2 is 1.80 bits per heavy atom. The zero-order chi connectivity index (χ0) is 16.5. The van der Waals surface area contributed by atoms with Crippen molar-refractivity contribution in [1.29, 1.82) is 0 Å². The lowest BCUT2D eigenvalue weighted by atomic mass is 10.00. The molecule has 130 valence electrons. The fourth-order valence-electron chi connectivity index (χ4n) is 4.48. The number of benzene rings is 1. The average molecular weight is 376 g/mol. The van der Waals surface area contributed by atoms with Gasteiger partial charge in [-0.05, 0) is 44.0 Å². The number of imide groups is 1. The minimum Gasteiger partial charge on any atom is -0.316 e. The van der Waals surface area contributed by atoms with Crippen molar-refractivity contribution in [2.24, 2.45) is 11.8 Å². The number of thiazole rings is 1. The summed E-state index contributed by atoms with van der Waals surface area (Å²) in [5, 5.41) is 6.54. The molecule has 3 heterocycles. The maximum Gasteiger partial charge on any atom is 0.261 e. The van der Waals surface area contributed by atoms with Gasteiger partial charge in [0.15, 0.2) is 0 Å². The molecular weight excluding hydrogens is 358 g/mol. The molecule has 3 aliphatic rings. The van der Waals surface area contributed by atoms with Crippen molar-refractivity contribution in [2.75, 3.05) is 19.6 Å². The number of fused-ring (bicyclic) bond motifs is 2. The number of amides is 2. The molecule has 5 rings (SSSR count). The molecule has 1 aromatic heterocycles. The number of piperidine rings is 1. The number of aromatic nitrogens is 1. The third-order valence-electron chi connectivity index (χ3n) is 5.74. The van der Waals surface area contributed by atoms with Crippen LogP contribution in [-0.4, -0.2) is 41.3 Å². The minimum atomic E-state index is -0.166. The number of halogens is 1. The van der Waals surface area contributed by atoms with Gasteiger partial charge >= 0.3 is 0 Å². The monoisotopic (exact) mass is 375 g/mol. The van der Waals surface area contributed by atoms with Crippen molar-refractivity contribution in [3.05, 3.63) is 51.5 Å². The molecule has 2 aromatic rings. The van der Waals surface area contributed by atoms with Crippen LogP contribution in [0.1, 0.15) is 31.4 Å². The molecule has 1 aliphatic carbocycles. The molecule has 1 saturated carbocycles. The quantitative estimate of drug-likeness (QED) is 0.836. The highest BCUT2D eigenvalue weighted by Gasteiger charge is 2.69. The first-order chi connectivity index (χ1) is 11.6. The van der Waals surface area contributed by atoms with Gasteiger partial charge in [0.1, 0.15) is 5.01 Å². The summed E-state index contributed by atoms with van der Waals surface area (Å²) in [5.74, 6) is 0.599. The topological polar surface area (TPSA) is 62.3 Å². The van der Waals surface area contributed by atoms with Gasteiger partial charge in [0.05, 0.1) is 11.1 Å². The van der Waals surface area contributed by atoms with Crippen molar-refractivity contribution < 1.29 is 9.59 Å². The number of rotatable bonds is 3. The molecule has 25 heavy (non-hydrogen) atoms. The molecular formula is C18H18ClN3O2S. The Bertz CT molecular complexity index is 836. The number of nitrogens with one attached hydrogen (secondary N) is 1. The van der Waals surface area contributed by atoms with Crippen molar-refractivity contribution in [1.82, 2.24) is 15.2 Å². The summed E-state index contributed by atoms with van der Waals surface area (Å²) in [4.78, 5) is 31.6. The number of hydrogen-bond acceptors (Lipinski definition) is 5. The van der Waals surface area contributed by atoms with Crippen LogP contribution >= 0.6 is 23.7 Å². The van der Waals surface area contributed by atoms with E-state index in [0.29, 0.717) is 29.5 Å². The van der Waals surface area contributed by atoms with Gasteiger partial charge in [0, 0.05) is 23.0 Å². The molecule has 7 heteroatoms. The summed E-state index contributed by atoms with van der Waals surface area (Å²) in [6, 6.07) is 7.10. The number of carbonyl (C=O) groups excluding carboxylic acids is 2. The molecule has 1 aromatic carbocycles. The molecule has 0 unspecified atom stereocenters. The highest BCUT2D eigenvalue weighted by atomic mass is 35.5. The molecule has 1 saturated heterocycles. The number of hydrogen-bond donors (Lipinski definition) is 1. The van der Waals surface area contributed by atoms with Crippen molar-refractivity contribution >= 4 is 35.6 Å². The average Bonchev–Trinajstić information content (AvgIpc) is 3.05. The van der Waals surface area contributed by atoms with Gasteiger partial charge in [-0.2, -0.15) is 0 Å². The highest BCUT2D eigenvalue weighted by molar-refractivity contribution is 7.09. The van der Waals surface area contributed by atoms with Crippen LogP contribution in [0.2, 0.25) is 0 Å². The highest BCUT2D eigenvalue weighted by Crippen LogP contribution is 2.62. The zero-order valence-electron chi connectivity index (χ0n) is 13.7. The van der Waals surface area contributed by atoms with Gasteiger partial charge < -0.3 is 5.32 Å². The summed E-state index contributed by atoms with van der Waals surface area (Å²) >= 11 is 1.66. The minimum absolute atomic E-state index is 0. The fourth-order valence-corrected chi connectivity index (χ4v) is 5.60. The fraction of sp³-hybridized carbons (Fsp3) is 0.389. The van der Waals surface area contributed by atoms with Crippen LogP contribution in [0.4, 0.5) is 0 Å². The smallest absolute Gasteiger partial charge is 0.261 e. The number of carbonyl (C=O) groups is 2. The van der Waals surface area contributed by atoms with E-state index in [9.17, 15) is 9.59 Å². The number of nitrogens with zero attached hydrogens (tertiary/aromatic N) is 2. The third kappa shape index (κ3) is 2.14. The van der Waals surface area contributed by atoms with Crippen molar-refractivity contribution in [2.45, 2.75) is 12.3 Å². The third-order valence-corrected chi connectivity index (χ3v) is 6.90. The predicted molar refractivity (Wildman–Crippen MR) is 97.4 cm³/mol. The van der Waals surface area contributed by atoms with E-state index in [4.69, 9.17) is 4.98 Å². The van der Waals surface area contributed by atoms with Crippen LogP contribution < -0.4 is 5.32 Å². The Morgan fingerprint density at radius 3 is 2.32 bits per heavy atom. The molecule has 2 fully saturated rings. The van der Waals surface area contributed by atoms with Gasteiger partial charge in [-0.3, -0.25) is 14.5 Å². The lowest BCUT2D eigenvalue weighted by molar-refractivity contribution is 0.0631. The molecule has 5 nitrogen and oxygen atoms in total. The van der Waals surface area contributed by atoms with Gasteiger partial charge in [-0.1, -0.05) is 12.1 Å². The van der Waals surface area contributed by atoms with Crippen molar-refractivity contribution in [3.8, 4) is 0 Å². The van der Waals surface area contributed by atoms with E-state index >= 15 is 0 Å². The van der Waals surface area contributed by atoms with Crippen LogP contribution in [0.15, 0.2) is 29.6 Å². The predicted octanol–water partition coefficient (Wildman–Crippen LogP) is 2.26. The summed E-state index contributed by atoms with van der Waals surface area (Å²) < 4.78 is 0. The van der Waals surface area contributed by atoms with Crippen LogP contribution in [0.5, 0.6) is 0 Å². The Labute approximate surface area is 155 Å². The molecule has 0 radical (unpaired) electrons. The molecule has 0 spiro atoms. The lowest BCUT2D eigenvalue weighted by Gasteiger charge is -2.24. The Hall–Kier alpha value is -1.76. The van der Waals surface area contributed by atoms with E-state index in [1.807, 2.05) is 19.1 Å². The van der Waals surface area contributed by atoms with Gasteiger partial charge in [-0.15, -0.1) is 23.7 Å². The van der Waals surface area contributed by atoms with Gasteiger partial charge in [0.2, 0.25) is 0 Å². The first-order valence-corrected chi connectivity index (χ1v) is 9.09. The molecule has 0 bridgehead atoms. The van der Waals surface area contributed by atoms with E-state index in [1.165, 1.54) is 4.90 Å². The Morgan fingerprint density at radius 1 is 1.20 bits per heavy atom. The second-order valence-corrected chi connectivity index (χ2v) is 7.81. The largest absolute Gasteiger partial charge is 0.316 e.